The lowest BCUT2D eigenvalue weighted by Gasteiger charge is -1.99. The largest absolute Gasteiger partial charge is 0.444 e. The fourth-order valence-electron chi connectivity index (χ4n) is 1.43. The molecule has 0 aliphatic carbocycles. The molecule has 0 atom stereocenters. The number of hydrogen-bond acceptors (Lipinski definition) is 3. The van der Waals surface area contributed by atoms with Crippen LogP contribution in [0.3, 0.4) is 0 Å². The lowest BCUT2D eigenvalue weighted by atomic mass is 10.2. The summed E-state index contributed by atoms with van der Waals surface area (Å²) in [5.74, 6) is 0.278. The maximum absolute atomic E-state index is 13.0. The molecule has 90 valence electrons. The van der Waals surface area contributed by atoms with Crippen LogP contribution in [0.15, 0.2) is 28.9 Å². The number of benzene rings is 1. The molecule has 0 saturated heterocycles. The molecule has 0 fully saturated rings. The average Bonchev–Trinajstić information content (AvgIpc) is 2.75. The fourth-order valence-corrected chi connectivity index (χ4v) is 2.14. The van der Waals surface area contributed by atoms with Gasteiger partial charge in [0.2, 0.25) is 5.89 Å². The molecule has 0 radical (unpaired) electrons. The molecule has 2 rings (SSSR count). The van der Waals surface area contributed by atoms with E-state index in [9.17, 15) is 4.39 Å². The molecule has 0 amide bonds. The highest BCUT2D eigenvalue weighted by Gasteiger charge is 2.10. The second kappa shape index (κ2) is 5.59. The summed E-state index contributed by atoms with van der Waals surface area (Å²) in [6, 6.07) is 4.55. The summed E-state index contributed by atoms with van der Waals surface area (Å²) in [6.07, 6.45) is 1.62. The summed E-state index contributed by atoms with van der Waals surface area (Å²) in [5, 5.41) is 3.17. The number of nitrogens with zero attached hydrogens (tertiary/aromatic N) is 1. The van der Waals surface area contributed by atoms with E-state index in [-0.39, 0.29) is 5.82 Å². The Bertz CT molecular complexity index is 513. The highest BCUT2D eigenvalue weighted by Crippen LogP contribution is 2.25. The number of oxazole rings is 1. The van der Waals surface area contributed by atoms with Crippen molar-refractivity contribution in [1.29, 1.82) is 0 Å². The number of rotatable bonds is 4. The Morgan fingerprint density at radius 3 is 3.00 bits per heavy atom. The Hall–Kier alpha value is -0.950. The van der Waals surface area contributed by atoms with Gasteiger partial charge in [-0.25, -0.2) is 9.37 Å². The van der Waals surface area contributed by atoms with Crippen molar-refractivity contribution >= 4 is 22.6 Å². The van der Waals surface area contributed by atoms with Crippen LogP contribution in [0.2, 0.25) is 0 Å². The normalized spacial score (nSPS) is 10.8. The van der Waals surface area contributed by atoms with Gasteiger partial charge in [-0.15, -0.1) is 0 Å². The number of aromatic nitrogens is 1. The zero-order valence-electron chi connectivity index (χ0n) is 9.34. The third-order valence-corrected chi connectivity index (χ3v) is 3.16. The molecule has 5 heteroatoms. The van der Waals surface area contributed by atoms with Gasteiger partial charge in [-0.3, -0.25) is 0 Å². The van der Waals surface area contributed by atoms with Gasteiger partial charge in [0.1, 0.15) is 12.1 Å². The second-order valence-corrected chi connectivity index (χ2v) is 4.71. The van der Waals surface area contributed by atoms with E-state index in [1.807, 2.05) is 6.92 Å². The molecule has 2 aromatic rings. The van der Waals surface area contributed by atoms with Crippen LogP contribution in [0.25, 0.3) is 11.5 Å². The van der Waals surface area contributed by atoms with Crippen molar-refractivity contribution in [2.45, 2.75) is 13.5 Å². The fraction of sp³-hybridized carbons (Fsp3) is 0.250. The van der Waals surface area contributed by atoms with Crippen LogP contribution >= 0.6 is 22.6 Å². The first-order chi connectivity index (χ1) is 8.20. The lowest BCUT2D eigenvalue weighted by Crippen LogP contribution is -2.11. The van der Waals surface area contributed by atoms with Crippen LogP contribution in [0.5, 0.6) is 0 Å². The van der Waals surface area contributed by atoms with Crippen molar-refractivity contribution in [2.75, 3.05) is 6.54 Å². The monoisotopic (exact) mass is 346 g/mol. The molecule has 1 N–H and O–H groups in total. The highest BCUT2D eigenvalue weighted by atomic mass is 127. The van der Waals surface area contributed by atoms with Crippen molar-refractivity contribution in [1.82, 2.24) is 10.3 Å². The number of nitrogens with one attached hydrogen (secondary N) is 1. The molecule has 0 unspecified atom stereocenters. The quantitative estimate of drug-likeness (QED) is 0.865. The molecule has 1 heterocycles. The van der Waals surface area contributed by atoms with E-state index in [4.69, 9.17) is 4.42 Å². The highest BCUT2D eigenvalue weighted by molar-refractivity contribution is 14.1. The van der Waals surface area contributed by atoms with Gasteiger partial charge < -0.3 is 9.73 Å². The van der Waals surface area contributed by atoms with E-state index in [0.29, 0.717) is 12.4 Å². The molecule has 0 aliphatic rings. The minimum Gasteiger partial charge on any atom is -0.444 e. The topological polar surface area (TPSA) is 38.1 Å². The Morgan fingerprint density at radius 2 is 2.29 bits per heavy atom. The van der Waals surface area contributed by atoms with Crippen molar-refractivity contribution in [3.63, 3.8) is 0 Å². The van der Waals surface area contributed by atoms with Gasteiger partial charge in [0.15, 0.2) is 0 Å². The third kappa shape index (κ3) is 3.04. The van der Waals surface area contributed by atoms with Crippen molar-refractivity contribution in [3.05, 3.63) is 39.5 Å². The Morgan fingerprint density at radius 1 is 1.47 bits per heavy atom. The van der Waals surface area contributed by atoms with Crippen LogP contribution in [0, 0.1) is 9.39 Å². The van der Waals surface area contributed by atoms with E-state index in [1.165, 1.54) is 12.1 Å². The van der Waals surface area contributed by atoms with Crippen molar-refractivity contribution in [2.24, 2.45) is 0 Å². The molecule has 3 nitrogen and oxygen atoms in total. The van der Waals surface area contributed by atoms with E-state index in [1.54, 1.807) is 12.3 Å². The maximum Gasteiger partial charge on any atom is 0.227 e. The van der Waals surface area contributed by atoms with Crippen molar-refractivity contribution in [3.8, 4) is 11.5 Å². The van der Waals surface area contributed by atoms with E-state index in [0.717, 1.165) is 21.4 Å². The first-order valence-electron chi connectivity index (χ1n) is 5.31. The zero-order valence-corrected chi connectivity index (χ0v) is 11.5. The summed E-state index contributed by atoms with van der Waals surface area (Å²) in [7, 11) is 0. The maximum atomic E-state index is 13.0. The molecule has 1 aromatic heterocycles. The SMILES string of the molecule is CCNCc1coc(-c2ccc(F)cc2I)n1. The predicted molar refractivity (Wildman–Crippen MR) is 72.0 cm³/mol. The molecular formula is C12H12FIN2O. The van der Waals surface area contributed by atoms with Gasteiger partial charge in [-0.05, 0) is 47.3 Å². The summed E-state index contributed by atoms with van der Waals surface area (Å²) in [5.41, 5.74) is 1.66. The molecule has 0 saturated carbocycles. The minimum atomic E-state index is -0.252. The summed E-state index contributed by atoms with van der Waals surface area (Å²) < 4.78 is 19.2. The molecular weight excluding hydrogens is 334 g/mol. The van der Waals surface area contributed by atoms with Gasteiger partial charge in [0.25, 0.3) is 0 Å². The van der Waals surface area contributed by atoms with Crippen LogP contribution < -0.4 is 5.32 Å². The smallest absolute Gasteiger partial charge is 0.227 e. The molecule has 17 heavy (non-hydrogen) atoms. The van der Waals surface area contributed by atoms with Gasteiger partial charge in [-0.1, -0.05) is 6.92 Å². The van der Waals surface area contributed by atoms with E-state index >= 15 is 0 Å². The number of hydrogen-bond donors (Lipinski definition) is 1. The van der Waals surface area contributed by atoms with Crippen LogP contribution in [-0.2, 0) is 6.54 Å². The Kier molecular flexibility index (Phi) is 4.11. The number of halogens is 2. The van der Waals surface area contributed by atoms with Gasteiger partial charge >= 0.3 is 0 Å². The second-order valence-electron chi connectivity index (χ2n) is 3.55. The van der Waals surface area contributed by atoms with Crippen LogP contribution in [-0.4, -0.2) is 11.5 Å². The van der Waals surface area contributed by atoms with Gasteiger partial charge in [0, 0.05) is 10.1 Å². The van der Waals surface area contributed by atoms with Gasteiger partial charge in [-0.2, -0.15) is 0 Å². The Labute approximate surface area is 113 Å². The molecule has 0 bridgehead atoms. The van der Waals surface area contributed by atoms with Gasteiger partial charge in [0.05, 0.1) is 11.3 Å². The Balaban J connectivity index is 2.24. The third-order valence-electron chi connectivity index (χ3n) is 2.27. The summed E-state index contributed by atoms with van der Waals surface area (Å²) in [4.78, 5) is 4.35. The first-order valence-corrected chi connectivity index (χ1v) is 6.39. The zero-order chi connectivity index (χ0) is 12.3. The van der Waals surface area contributed by atoms with E-state index < -0.39 is 0 Å². The lowest BCUT2D eigenvalue weighted by molar-refractivity contribution is 0.569. The van der Waals surface area contributed by atoms with Crippen LogP contribution in [0.1, 0.15) is 12.6 Å². The average molecular weight is 346 g/mol. The molecule has 0 spiro atoms. The van der Waals surface area contributed by atoms with E-state index in [2.05, 4.69) is 32.9 Å². The molecule has 1 aromatic carbocycles. The standard InChI is InChI=1S/C12H12FIN2O/c1-2-15-6-9-7-17-12(16-9)10-4-3-8(13)5-11(10)14/h3-5,7,15H,2,6H2,1H3. The van der Waals surface area contributed by atoms with Crippen LogP contribution in [0.4, 0.5) is 4.39 Å². The summed E-state index contributed by atoms with van der Waals surface area (Å²) >= 11 is 2.07. The van der Waals surface area contributed by atoms with Crippen molar-refractivity contribution < 1.29 is 8.81 Å². The molecule has 0 aliphatic heterocycles. The minimum absolute atomic E-state index is 0.252. The summed E-state index contributed by atoms with van der Waals surface area (Å²) in [6.45, 7) is 3.60. The first kappa shape index (κ1) is 12.5. The predicted octanol–water partition coefficient (Wildman–Crippen LogP) is 3.19.